The van der Waals surface area contributed by atoms with Crippen molar-refractivity contribution >= 4 is 49.1 Å². The van der Waals surface area contributed by atoms with Crippen LogP contribution in [0.2, 0.25) is 5.02 Å². The Kier molecular flexibility index (Phi) is 4.20. The third-order valence-corrected chi connectivity index (χ3v) is 5.21. The molecule has 1 aromatic rings. The molecule has 1 heterocycles. The van der Waals surface area contributed by atoms with Crippen molar-refractivity contribution in [2.75, 3.05) is 17.2 Å². The van der Waals surface area contributed by atoms with Crippen molar-refractivity contribution in [3.8, 4) is 0 Å². The van der Waals surface area contributed by atoms with Crippen molar-refractivity contribution in [2.45, 2.75) is 6.42 Å². The fourth-order valence-corrected chi connectivity index (χ4v) is 3.68. The van der Waals surface area contributed by atoms with E-state index < -0.39 is 10.0 Å². The smallest absolute Gasteiger partial charge is 0.227 e. The molecule has 0 saturated carbocycles. The van der Waals surface area contributed by atoms with Gasteiger partial charge in [-0.05, 0) is 28.1 Å². The molecule has 2 rings (SSSR count). The standard InChI is InChI=1S/C11H12BrClN2O3S/c12-11-8(13)2-1-3-9(11)15-5-7(4-10(15)16)6-19(14,17)18/h1-3,7H,4-6H2,(H2,14,17,18). The van der Waals surface area contributed by atoms with Gasteiger partial charge in [-0.2, -0.15) is 0 Å². The van der Waals surface area contributed by atoms with Crippen molar-refractivity contribution in [3.63, 3.8) is 0 Å². The Morgan fingerprint density at radius 2 is 2.16 bits per heavy atom. The molecule has 1 fully saturated rings. The molecule has 1 aliphatic heterocycles. The number of carbonyl (C=O) groups is 1. The molecule has 1 aliphatic rings. The number of sulfonamides is 1. The third kappa shape index (κ3) is 3.47. The molecule has 1 amide bonds. The van der Waals surface area contributed by atoms with Crippen molar-refractivity contribution in [2.24, 2.45) is 11.1 Å². The SMILES string of the molecule is NS(=O)(=O)CC1CC(=O)N(c2cccc(Cl)c2Br)C1. The van der Waals surface area contributed by atoms with Gasteiger partial charge in [0.2, 0.25) is 15.9 Å². The monoisotopic (exact) mass is 366 g/mol. The zero-order chi connectivity index (χ0) is 14.2. The van der Waals surface area contributed by atoms with Crippen LogP contribution in [-0.4, -0.2) is 26.6 Å². The van der Waals surface area contributed by atoms with E-state index in [0.29, 0.717) is 21.7 Å². The van der Waals surface area contributed by atoms with E-state index in [1.807, 2.05) is 0 Å². The van der Waals surface area contributed by atoms with Crippen LogP contribution in [-0.2, 0) is 14.8 Å². The molecule has 0 aliphatic carbocycles. The van der Waals surface area contributed by atoms with Crippen LogP contribution < -0.4 is 10.0 Å². The summed E-state index contributed by atoms with van der Waals surface area (Å²) in [5.74, 6) is -0.599. The van der Waals surface area contributed by atoms with Crippen LogP contribution in [0.5, 0.6) is 0 Å². The lowest BCUT2D eigenvalue weighted by Crippen LogP contribution is -2.27. The molecule has 104 valence electrons. The van der Waals surface area contributed by atoms with Gasteiger partial charge < -0.3 is 4.90 Å². The van der Waals surface area contributed by atoms with E-state index in [9.17, 15) is 13.2 Å². The molecule has 0 bridgehead atoms. The first-order chi connectivity index (χ1) is 8.78. The second-order valence-corrected chi connectivity index (χ2v) is 7.34. The number of halogens is 2. The lowest BCUT2D eigenvalue weighted by Gasteiger charge is -2.18. The molecular formula is C11H12BrClN2O3S. The molecule has 1 unspecified atom stereocenters. The summed E-state index contributed by atoms with van der Waals surface area (Å²) >= 11 is 9.31. The number of amides is 1. The lowest BCUT2D eigenvalue weighted by molar-refractivity contribution is -0.117. The van der Waals surface area contributed by atoms with Crippen LogP contribution in [0.1, 0.15) is 6.42 Å². The van der Waals surface area contributed by atoms with Gasteiger partial charge in [0.1, 0.15) is 0 Å². The average molecular weight is 368 g/mol. The number of anilines is 1. The predicted octanol–water partition coefficient (Wildman–Crippen LogP) is 1.74. The van der Waals surface area contributed by atoms with E-state index in [2.05, 4.69) is 15.9 Å². The Balaban J connectivity index is 2.23. The molecule has 5 nitrogen and oxygen atoms in total. The highest BCUT2D eigenvalue weighted by Crippen LogP contribution is 2.36. The van der Waals surface area contributed by atoms with Gasteiger partial charge in [0, 0.05) is 18.9 Å². The number of hydrogen-bond acceptors (Lipinski definition) is 3. The van der Waals surface area contributed by atoms with Crippen LogP contribution in [0, 0.1) is 5.92 Å². The van der Waals surface area contributed by atoms with Gasteiger partial charge in [0.05, 0.1) is 20.9 Å². The Bertz CT molecular complexity index is 620. The van der Waals surface area contributed by atoms with Crippen LogP contribution in [0.15, 0.2) is 22.7 Å². The van der Waals surface area contributed by atoms with Crippen molar-refractivity contribution in [1.82, 2.24) is 0 Å². The maximum absolute atomic E-state index is 12.0. The summed E-state index contributed by atoms with van der Waals surface area (Å²) in [6, 6.07) is 5.20. The minimum absolute atomic E-state index is 0.128. The molecule has 1 saturated heterocycles. The first-order valence-electron chi connectivity index (χ1n) is 5.53. The van der Waals surface area contributed by atoms with E-state index in [1.165, 1.54) is 4.90 Å². The van der Waals surface area contributed by atoms with Crippen molar-refractivity contribution in [3.05, 3.63) is 27.7 Å². The van der Waals surface area contributed by atoms with Gasteiger partial charge in [-0.25, -0.2) is 13.6 Å². The first-order valence-corrected chi connectivity index (χ1v) is 8.41. The van der Waals surface area contributed by atoms with Gasteiger partial charge in [0.25, 0.3) is 0 Å². The molecule has 1 aromatic carbocycles. The Morgan fingerprint density at radius 3 is 2.79 bits per heavy atom. The maximum Gasteiger partial charge on any atom is 0.227 e. The number of benzene rings is 1. The summed E-state index contributed by atoms with van der Waals surface area (Å²) in [5.41, 5.74) is 0.648. The second kappa shape index (κ2) is 5.40. The fourth-order valence-electron chi connectivity index (χ4n) is 2.16. The molecule has 0 aromatic heterocycles. The summed E-state index contributed by atoms with van der Waals surface area (Å²) in [7, 11) is -3.57. The number of hydrogen-bond donors (Lipinski definition) is 1. The van der Waals surface area contributed by atoms with Gasteiger partial charge in [0.15, 0.2) is 0 Å². The number of nitrogens with two attached hydrogens (primary N) is 1. The van der Waals surface area contributed by atoms with E-state index in [4.69, 9.17) is 16.7 Å². The maximum atomic E-state index is 12.0. The van der Waals surface area contributed by atoms with E-state index in [0.717, 1.165) is 0 Å². The minimum atomic E-state index is -3.57. The van der Waals surface area contributed by atoms with Crippen LogP contribution in [0.3, 0.4) is 0 Å². The van der Waals surface area contributed by atoms with E-state index in [1.54, 1.807) is 18.2 Å². The normalized spacial score (nSPS) is 20.1. The molecule has 19 heavy (non-hydrogen) atoms. The van der Waals surface area contributed by atoms with Gasteiger partial charge in [-0.3, -0.25) is 4.79 Å². The first kappa shape index (κ1) is 14.8. The van der Waals surface area contributed by atoms with Gasteiger partial charge in [-0.15, -0.1) is 0 Å². The zero-order valence-corrected chi connectivity index (χ0v) is 13.0. The topological polar surface area (TPSA) is 80.5 Å². The Labute approximate surface area is 124 Å². The summed E-state index contributed by atoms with van der Waals surface area (Å²) in [4.78, 5) is 13.5. The number of nitrogens with zero attached hydrogens (tertiary/aromatic N) is 1. The Morgan fingerprint density at radius 1 is 1.47 bits per heavy atom. The summed E-state index contributed by atoms with van der Waals surface area (Å²) < 4.78 is 22.8. The van der Waals surface area contributed by atoms with Crippen LogP contribution in [0.4, 0.5) is 5.69 Å². The van der Waals surface area contributed by atoms with E-state index >= 15 is 0 Å². The van der Waals surface area contributed by atoms with Crippen LogP contribution in [0.25, 0.3) is 0 Å². The van der Waals surface area contributed by atoms with Crippen molar-refractivity contribution < 1.29 is 13.2 Å². The predicted molar refractivity (Wildman–Crippen MR) is 77.6 cm³/mol. The van der Waals surface area contributed by atoms with Gasteiger partial charge in [-0.1, -0.05) is 17.7 Å². The van der Waals surface area contributed by atoms with Crippen LogP contribution >= 0.6 is 27.5 Å². The summed E-state index contributed by atoms with van der Waals surface area (Å²) in [6.45, 7) is 0.328. The zero-order valence-electron chi connectivity index (χ0n) is 9.84. The number of carbonyl (C=O) groups excluding carboxylic acids is 1. The molecule has 2 N–H and O–H groups in total. The summed E-state index contributed by atoms with van der Waals surface area (Å²) in [5, 5.41) is 5.51. The quantitative estimate of drug-likeness (QED) is 0.883. The lowest BCUT2D eigenvalue weighted by atomic mass is 10.1. The average Bonchev–Trinajstić information content (AvgIpc) is 2.61. The molecule has 0 radical (unpaired) electrons. The Hall–Kier alpha value is -0.630. The number of primary sulfonamides is 1. The summed E-state index contributed by atoms with van der Waals surface area (Å²) in [6.07, 6.45) is 0.176. The highest BCUT2D eigenvalue weighted by molar-refractivity contribution is 9.10. The second-order valence-electron chi connectivity index (χ2n) is 4.48. The molecule has 8 heteroatoms. The molecule has 1 atom stereocenters. The highest BCUT2D eigenvalue weighted by atomic mass is 79.9. The fraction of sp³-hybridized carbons (Fsp3) is 0.364. The third-order valence-electron chi connectivity index (χ3n) is 2.90. The largest absolute Gasteiger partial charge is 0.311 e. The molecule has 0 spiro atoms. The van der Waals surface area contributed by atoms with Crippen molar-refractivity contribution in [1.29, 1.82) is 0 Å². The number of rotatable bonds is 3. The van der Waals surface area contributed by atoms with Gasteiger partial charge >= 0.3 is 0 Å². The van der Waals surface area contributed by atoms with E-state index in [-0.39, 0.29) is 24.0 Å². The highest BCUT2D eigenvalue weighted by Gasteiger charge is 2.33. The molecular weight excluding hydrogens is 356 g/mol. The minimum Gasteiger partial charge on any atom is -0.311 e.